The first-order chi connectivity index (χ1) is 9.79. The van der Waals surface area contributed by atoms with E-state index in [2.05, 4.69) is 11.4 Å². The number of amides is 1. The maximum Gasteiger partial charge on any atom is 0.244 e. The molecule has 1 amide bonds. The highest BCUT2D eigenvalue weighted by molar-refractivity contribution is 7.09. The van der Waals surface area contributed by atoms with Gasteiger partial charge in [-0.1, -0.05) is 24.3 Å². The van der Waals surface area contributed by atoms with E-state index in [1.165, 1.54) is 11.0 Å². The Morgan fingerprint density at radius 2 is 2.15 bits per heavy atom. The standard InChI is InChI=1S/C16H17NO2S/c1-19-15-7-3-2-5-13(15)8-9-16(18)17-11-10-14-6-4-12-20-14/h2-9,12H,10-11H2,1H3,(H,17,18)/b9-8+. The molecule has 0 aliphatic heterocycles. The molecule has 0 radical (unpaired) electrons. The Morgan fingerprint density at radius 1 is 1.30 bits per heavy atom. The van der Waals surface area contributed by atoms with Crippen molar-refractivity contribution in [1.29, 1.82) is 0 Å². The van der Waals surface area contributed by atoms with E-state index >= 15 is 0 Å². The van der Waals surface area contributed by atoms with Crippen molar-refractivity contribution in [1.82, 2.24) is 5.32 Å². The number of methoxy groups -OCH3 is 1. The van der Waals surface area contributed by atoms with E-state index in [1.807, 2.05) is 35.7 Å². The zero-order valence-electron chi connectivity index (χ0n) is 11.3. The molecule has 2 aromatic rings. The van der Waals surface area contributed by atoms with Crippen LogP contribution in [0.25, 0.3) is 6.08 Å². The minimum absolute atomic E-state index is 0.0903. The summed E-state index contributed by atoms with van der Waals surface area (Å²) in [5.74, 6) is 0.669. The van der Waals surface area contributed by atoms with Gasteiger partial charge in [-0.3, -0.25) is 4.79 Å². The van der Waals surface area contributed by atoms with E-state index in [0.29, 0.717) is 6.54 Å². The third kappa shape index (κ3) is 4.24. The largest absolute Gasteiger partial charge is 0.496 e. The van der Waals surface area contributed by atoms with Crippen molar-refractivity contribution in [2.75, 3.05) is 13.7 Å². The number of nitrogens with one attached hydrogen (secondary N) is 1. The monoisotopic (exact) mass is 287 g/mol. The normalized spacial score (nSPS) is 10.7. The highest BCUT2D eigenvalue weighted by Gasteiger charge is 1.99. The Hall–Kier alpha value is -2.07. The molecule has 1 aromatic carbocycles. The van der Waals surface area contributed by atoms with Crippen molar-refractivity contribution >= 4 is 23.3 Å². The van der Waals surface area contributed by atoms with Gasteiger partial charge in [-0.2, -0.15) is 0 Å². The SMILES string of the molecule is COc1ccccc1/C=C/C(=O)NCCc1cccs1. The summed E-state index contributed by atoms with van der Waals surface area (Å²) in [5.41, 5.74) is 0.892. The van der Waals surface area contributed by atoms with Gasteiger partial charge in [0.1, 0.15) is 5.75 Å². The summed E-state index contributed by atoms with van der Waals surface area (Å²) < 4.78 is 5.23. The van der Waals surface area contributed by atoms with Gasteiger partial charge in [0, 0.05) is 23.1 Å². The first kappa shape index (κ1) is 14.3. The lowest BCUT2D eigenvalue weighted by Gasteiger charge is -2.03. The van der Waals surface area contributed by atoms with Gasteiger partial charge in [-0.15, -0.1) is 11.3 Å². The summed E-state index contributed by atoms with van der Waals surface area (Å²) in [4.78, 5) is 13.0. The summed E-state index contributed by atoms with van der Waals surface area (Å²) in [5, 5.41) is 4.91. The Balaban J connectivity index is 1.83. The van der Waals surface area contributed by atoms with Crippen molar-refractivity contribution < 1.29 is 9.53 Å². The molecule has 104 valence electrons. The Kier molecular flexibility index (Phi) is 5.38. The minimum Gasteiger partial charge on any atom is -0.496 e. The van der Waals surface area contributed by atoms with E-state index in [1.54, 1.807) is 24.5 Å². The van der Waals surface area contributed by atoms with Crippen LogP contribution < -0.4 is 10.1 Å². The number of hydrogen-bond acceptors (Lipinski definition) is 3. The second-order valence-corrected chi connectivity index (χ2v) is 5.23. The molecule has 3 nitrogen and oxygen atoms in total. The van der Waals surface area contributed by atoms with Gasteiger partial charge in [0.05, 0.1) is 7.11 Å². The van der Waals surface area contributed by atoms with Crippen LogP contribution in [0.2, 0.25) is 0 Å². The maximum absolute atomic E-state index is 11.7. The van der Waals surface area contributed by atoms with Crippen molar-refractivity contribution in [3.8, 4) is 5.75 Å². The fourth-order valence-electron chi connectivity index (χ4n) is 1.79. The first-order valence-electron chi connectivity index (χ1n) is 6.41. The molecule has 0 aliphatic carbocycles. The lowest BCUT2D eigenvalue weighted by molar-refractivity contribution is -0.116. The lowest BCUT2D eigenvalue weighted by atomic mass is 10.2. The van der Waals surface area contributed by atoms with Gasteiger partial charge >= 0.3 is 0 Å². The number of hydrogen-bond donors (Lipinski definition) is 1. The molecule has 0 saturated carbocycles. The van der Waals surface area contributed by atoms with Gasteiger partial charge in [-0.25, -0.2) is 0 Å². The number of ether oxygens (including phenoxy) is 1. The number of carbonyl (C=O) groups excluding carboxylic acids is 1. The molecular weight excluding hydrogens is 270 g/mol. The number of carbonyl (C=O) groups is 1. The quantitative estimate of drug-likeness (QED) is 0.829. The van der Waals surface area contributed by atoms with Crippen LogP contribution in [0.1, 0.15) is 10.4 Å². The zero-order chi connectivity index (χ0) is 14.2. The second-order valence-electron chi connectivity index (χ2n) is 4.20. The second kappa shape index (κ2) is 7.50. The smallest absolute Gasteiger partial charge is 0.244 e. The molecule has 0 saturated heterocycles. The summed E-state index contributed by atoms with van der Waals surface area (Å²) in [6.45, 7) is 0.648. The molecule has 0 atom stereocenters. The van der Waals surface area contributed by atoms with Crippen LogP contribution in [0, 0.1) is 0 Å². The number of thiophene rings is 1. The van der Waals surface area contributed by atoms with Gasteiger partial charge in [0.15, 0.2) is 0 Å². The predicted octanol–water partition coefficient (Wildman–Crippen LogP) is 3.13. The molecule has 0 aliphatic rings. The zero-order valence-corrected chi connectivity index (χ0v) is 12.2. The van der Waals surface area contributed by atoms with E-state index in [0.717, 1.165) is 17.7 Å². The molecule has 4 heteroatoms. The number of benzene rings is 1. The van der Waals surface area contributed by atoms with Crippen LogP contribution in [0.3, 0.4) is 0 Å². The van der Waals surface area contributed by atoms with Gasteiger partial charge in [0.2, 0.25) is 5.91 Å². The summed E-state index contributed by atoms with van der Waals surface area (Å²) in [7, 11) is 1.62. The highest BCUT2D eigenvalue weighted by atomic mass is 32.1. The van der Waals surface area contributed by atoms with Gasteiger partial charge in [0.25, 0.3) is 0 Å². The van der Waals surface area contributed by atoms with Crippen molar-refractivity contribution in [3.63, 3.8) is 0 Å². The van der Waals surface area contributed by atoms with Crippen molar-refractivity contribution in [2.24, 2.45) is 0 Å². The van der Waals surface area contributed by atoms with Gasteiger partial charge < -0.3 is 10.1 Å². The summed E-state index contributed by atoms with van der Waals surface area (Å²) in [6, 6.07) is 11.7. The van der Waals surface area contributed by atoms with E-state index in [-0.39, 0.29) is 5.91 Å². The predicted molar refractivity (Wildman–Crippen MR) is 83.1 cm³/mol. The molecular formula is C16H17NO2S. The van der Waals surface area contributed by atoms with Crippen LogP contribution in [0.5, 0.6) is 5.75 Å². The van der Waals surface area contributed by atoms with Gasteiger partial charge in [-0.05, 0) is 30.0 Å². The average Bonchev–Trinajstić information content (AvgIpc) is 2.98. The molecule has 0 fully saturated rings. The fourth-order valence-corrected chi connectivity index (χ4v) is 2.50. The van der Waals surface area contributed by atoms with E-state index in [9.17, 15) is 4.79 Å². The van der Waals surface area contributed by atoms with Crippen LogP contribution in [0.15, 0.2) is 47.9 Å². The van der Waals surface area contributed by atoms with E-state index in [4.69, 9.17) is 4.74 Å². The molecule has 0 unspecified atom stereocenters. The first-order valence-corrected chi connectivity index (χ1v) is 7.29. The molecule has 0 bridgehead atoms. The van der Waals surface area contributed by atoms with Crippen molar-refractivity contribution in [2.45, 2.75) is 6.42 Å². The number of para-hydroxylation sites is 1. The lowest BCUT2D eigenvalue weighted by Crippen LogP contribution is -2.23. The molecule has 1 N–H and O–H groups in total. The highest BCUT2D eigenvalue weighted by Crippen LogP contribution is 2.18. The molecule has 1 aromatic heterocycles. The third-order valence-electron chi connectivity index (χ3n) is 2.80. The Labute approximate surface area is 122 Å². The molecule has 0 spiro atoms. The van der Waals surface area contributed by atoms with Crippen molar-refractivity contribution in [3.05, 3.63) is 58.3 Å². The summed E-state index contributed by atoms with van der Waals surface area (Å²) in [6.07, 6.45) is 4.16. The fraction of sp³-hybridized carbons (Fsp3) is 0.188. The number of rotatable bonds is 6. The average molecular weight is 287 g/mol. The molecule has 1 heterocycles. The summed E-state index contributed by atoms with van der Waals surface area (Å²) >= 11 is 1.70. The Bertz CT molecular complexity index is 576. The Morgan fingerprint density at radius 3 is 2.90 bits per heavy atom. The molecule has 20 heavy (non-hydrogen) atoms. The topological polar surface area (TPSA) is 38.3 Å². The van der Waals surface area contributed by atoms with Crippen LogP contribution in [0.4, 0.5) is 0 Å². The van der Waals surface area contributed by atoms with E-state index < -0.39 is 0 Å². The van der Waals surface area contributed by atoms with Crippen LogP contribution >= 0.6 is 11.3 Å². The maximum atomic E-state index is 11.7. The minimum atomic E-state index is -0.0903. The van der Waals surface area contributed by atoms with Crippen LogP contribution in [-0.4, -0.2) is 19.6 Å². The third-order valence-corrected chi connectivity index (χ3v) is 3.74. The molecule has 2 rings (SSSR count). The van der Waals surface area contributed by atoms with Crippen LogP contribution in [-0.2, 0) is 11.2 Å².